The van der Waals surface area contributed by atoms with E-state index in [2.05, 4.69) is 25.4 Å². The number of aliphatic hydroxyl groups excluding tert-OH is 2. The van der Waals surface area contributed by atoms with Gasteiger partial charge in [0.15, 0.2) is 0 Å². The Bertz CT molecular complexity index is 526. The van der Waals surface area contributed by atoms with Crippen molar-refractivity contribution < 1.29 is 10.2 Å². The monoisotopic (exact) mass is 279 g/mol. The van der Waals surface area contributed by atoms with Crippen LogP contribution in [-0.4, -0.2) is 68.3 Å². The van der Waals surface area contributed by atoms with E-state index in [0.717, 1.165) is 0 Å². The molecule has 2 heterocycles. The van der Waals surface area contributed by atoms with Crippen LogP contribution in [-0.2, 0) is 0 Å². The van der Waals surface area contributed by atoms with Gasteiger partial charge in [0, 0.05) is 32.5 Å². The van der Waals surface area contributed by atoms with Crippen LogP contribution in [0, 0.1) is 0 Å². The standard InChI is InChI=1S/C11H17N7O2/c1-12-9-14-10(17(5-7-19)6-8-20)16-11(15-9)18-4-2-3-13-18/h2-4,19-20H,5-8H2,1H3,(H,12,14,15,16). The van der Waals surface area contributed by atoms with E-state index in [0.29, 0.717) is 30.9 Å². The van der Waals surface area contributed by atoms with Gasteiger partial charge in [0.05, 0.1) is 13.2 Å². The number of rotatable bonds is 7. The SMILES string of the molecule is CNc1nc(N(CCO)CCO)nc(-n2cccn2)n1. The van der Waals surface area contributed by atoms with Gasteiger partial charge in [0.1, 0.15) is 0 Å². The van der Waals surface area contributed by atoms with Crippen LogP contribution in [0.1, 0.15) is 0 Å². The van der Waals surface area contributed by atoms with Gasteiger partial charge in [0.2, 0.25) is 11.9 Å². The Hall–Kier alpha value is -2.26. The smallest absolute Gasteiger partial charge is 0.257 e. The highest BCUT2D eigenvalue weighted by Gasteiger charge is 2.13. The first-order valence-electron chi connectivity index (χ1n) is 6.19. The van der Waals surface area contributed by atoms with Crippen LogP contribution < -0.4 is 10.2 Å². The maximum Gasteiger partial charge on any atom is 0.257 e. The number of hydrogen-bond acceptors (Lipinski definition) is 8. The number of hydrogen-bond donors (Lipinski definition) is 3. The molecule has 0 fully saturated rings. The molecule has 0 amide bonds. The minimum atomic E-state index is -0.0579. The highest BCUT2D eigenvalue weighted by molar-refractivity contribution is 5.39. The van der Waals surface area contributed by atoms with Crippen molar-refractivity contribution in [3.8, 4) is 5.95 Å². The second-order valence-corrected chi connectivity index (χ2v) is 3.89. The van der Waals surface area contributed by atoms with E-state index in [-0.39, 0.29) is 13.2 Å². The van der Waals surface area contributed by atoms with Crippen molar-refractivity contribution in [1.29, 1.82) is 0 Å². The summed E-state index contributed by atoms with van der Waals surface area (Å²) < 4.78 is 1.52. The third-order valence-electron chi connectivity index (χ3n) is 2.57. The fraction of sp³-hybridized carbons (Fsp3) is 0.455. The first kappa shape index (κ1) is 14.2. The van der Waals surface area contributed by atoms with Crippen molar-refractivity contribution in [2.24, 2.45) is 0 Å². The first-order chi connectivity index (χ1) is 9.78. The van der Waals surface area contributed by atoms with E-state index < -0.39 is 0 Å². The average molecular weight is 279 g/mol. The summed E-state index contributed by atoms with van der Waals surface area (Å²) in [5, 5.41) is 25.1. The summed E-state index contributed by atoms with van der Waals surface area (Å²) in [6.07, 6.45) is 3.35. The quantitative estimate of drug-likeness (QED) is 0.585. The predicted molar refractivity (Wildman–Crippen MR) is 72.9 cm³/mol. The minimum Gasteiger partial charge on any atom is -0.395 e. The lowest BCUT2D eigenvalue weighted by atomic mass is 10.5. The van der Waals surface area contributed by atoms with Gasteiger partial charge in [-0.3, -0.25) is 0 Å². The fourth-order valence-electron chi connectivity index (χ4n) is 1.65. The number of aliphatic hydroxyl groups is 2. The molecule has 0 saturated heterocycles. The topological polar surface area (TPSA) is 112 Å². The molecular weight excluding hydrogens is 262 g/mol. The van der Waals surface area contributed by atoms with Gasteiger partial charge in [0.25, 0.3) is 5.95 Å². The predicted octanol–water partition coefficient (Wildman–Crippen LogP) is -1.11. The molecule has 9 heteroatoms. The Balaban J connectivity index is 2.38. The maximum absolute atomic E-state index is 9.08. The van der Waals surface area contributed by atoms with Gasteiger partial charge < -0.3 is 20.4 Å². The van der Waals surface area contributed by atoms with Crippen LogP contribution in [0.25, 0.3) is 5.95 Å². The fourth-order valence-corrected chi connectivity index (χ4v) is 1.65. The van der Waals surface area contributed by atoms with E-state index in [1.165, 1.54) is 4.68 Å². The Labute approximate surface area is 115 Å². The molecule has 0 spiro atoms. The Morgan fingerprint density at radius 2 is 1.95 bits per heavy atom. The van der Waals surface area contributed by atoms with Crippen LogP contribution in [0.15, 0.2) is 18.5 Å². The summed E-state index contributed by atoms with van der Waals surface area (Å²) >= 11 is 0. The molecule has 0 aliphatic carbocycles. The maximum atomic E-state index is 9.08. The molecule has 0 aromatic carbocycles. The van der Waals surface area contributed by atoms with Gasteiger partial charge in [-0.1, -0.05) is 0 Å². The number of nitrogens with zero attached hydrogens (tertiary/aromatic N) is 6. The lowest BCUT2D eigenvalue weighted by Gasteiger charge is -2.21. The molecule has 0 saturated carbocycles. The van der Waals surface area contributed by atoms with Gasteiger partial charge in [-0.25, -0.2) is 4.68 Å². The molecule has 20 heavy (non-hydrogen) atoms. The molecule has 0 aliphatic rings. The molecular formula is C11H17N7O2. The van der Waals surface area contributed by atoms with Crippen molar-refractivity contribution in [3.05, 3.63) is 18.5 Å². The van der Waals surface area contributed by atoms with Gasteiger partial charge >= 0.3 is 0 Å². The molecule has 0 unspecified atom stereocenters. The second-order valence-electron chi connectivity index (χ2n) is 3.89. The number of nitrogens with one attached hydrogen (secondary N) is 1. The van der Waals surface area contributed by atoms with Crippen LogP contribution in [0.3, 0.4) is 0 Å². The molecule has 0 radical (unpaired) electrons. The molecule has 3 N–H and O–H groups in total. The van der Waals surface area contributed by atoms with Crippen LogP contribution in [0.4, 0.5) is 11.9 Å². The summed E-state index contributed by atoms with van der Waals surface area (Å²) in [7, 11) is 1.70. The zero-order chi connectivity index (χ0) is 14.4. The average Bonchev–Trinajstić information content (AvgIpc) is 3.01. The molecule has 2 aromatic heterocycles. The van der Waals surface area contributed by atoms with Gasteiger partial charge in [-0.05, 0) is 6.07 Å². The largest absolute Gasteiger partial charge is 0.395 e. The minimum absolute atomic E-state index is 0.0579. The summed E-state index contributed by atoms with van der Waals surface area (Å²) in [4.78, 5) is 14.4. The zero-order valence-corrected chi connectivity index (χ0v) is 11.1. The second kappa shape index (κ2) is 6.78. The third-order valence-corrected chi connectivity index (χ3v) is 2.57. The van der Waals surface area contributed by atoms with Gasteiger partial charge in [-0.2, -0.15) is 20.1 Å². The molecule has 0 bridgehead atoms. The lowest BCUT2D eigenvalue weighted by molar-refractivity contribution is 0.280. The summed E-state index contributed by atoms with van der Waals surface area (Å²) in [6, 6.07) is 1.77. The Morgan fingerprint density at radius 1 is 1.20 bits per heavy atom. The highest BCUT2D eigenvalue weighted by Crippen LogP contribution is 2.12. The van der Waals surface area contributed by atoms with E-state index in [1.807, 2.05) is 0 Å². The van der Waals surface area contributed by atoms with Crippen molar-refractivity contribution >= 4 is 11.9 Å². The molecule has 2 aromatic rings. The van der Waals surface area contributed by atoms with Crippen molar-refractivity contribution in [1.82, 2.24) is 24.7 Å². The van der Waals surface area contributed by atoms with E-state index in [9.17, 15) is 0 Å². The van der Waals surface area contributed by atoms with Crippen LogP contribution >= 0.6 is 0 Å². The molecule has 0 aliphatic heterocycles. The Kier molecular flexibility index (Phi) is 4.80. The number of anilines is 2. The van der Waals surface area contributed by atoms with E-state index in [1.54, 1.807) is 30.4 Å². The number of aromatic nitrogens is 5. The summed E-state index contributed by atoms with van der Waals surface area (Å²) in [5.41, 5.74) is 0. The molecule has 2 rings (SSSR count). The van der Waals surface area contributed by atoms with Crippen LogP contribution in [0.5, 0.6) is 0 Å². The molecule has 9 nitrogen and oxygen atoms in total. The normalized spacial score (nSPS) is 10.6. The van der Waals surface area contributed by atoms with E-state index in [4.69, 9.17) is 10.2 Å². The zero-order valence-electron chi connectivity index (χ0n) is 11.1. The third kappa shape index (κ3) is 3.19. The van der Waals surface area contributed by atoms with Gasteiger partial charge in [-0.15, -0.1) is 0 Å². The van der Waals surface area contributed by atoms with Crippen molar-refractivity contribution in [2.75, 3.05) is 43.6 Å². The summed E-state index contributed by atoms with van der Waals surface area (Å²) in [5.74, 6) is 1.13. The highest BCUT2D eigenvalue weighted by atomic mass is 16.3. The summed E-state index contributed by atoms with van der Waals surface area (Å²) in [6.45, 7) is 0.536. The molecule has 0 atom stereocenters. The Morgan fingerprint density at radius 3 is 2.50 bits per heavy atom. The van der Waals surface area contributed by atoms with E-state index >= 15 is 0 Å². The van der Waals surface area contributed by atoms with Crippen molar-refractivity contribution in [2.45, 2.75) is 0 Å². The van der Waals surface area contributed by atoms with Crippen molar-refractivity contribution in [3.63, 3.8) is 0 Å². The molecule has 108 valence electrons. The lowest BCUT2D eigenvalue weighted by Crippen LogP contribution is -2.32. The van der Waals surface area contributed by atoms with Crippen LogP contribution in [0.2, 0.25) is 0 Å². The first-order valence-corrected chi connectivity index (χ1v) is 6.19.